The van der Waals surface area contributed by atoms with Gasteiger partial charge >= 0.3 is 6.03 Å². The zero-order valence-electron chi connectivity index (χ0n) is 8.60. The van der Waals surface area contributed by atoms with Crippen molar-refractivity contribution in [1.29, 1.82) is 0 Å². The smallest absolute Gasteiger partial charge is 0.322 e. The van der Waals surface area contributed by atoms with Crippen LogP contribution in [0, 0.1) is 0 Å². The normalized spacial score (nSPS) is 18.2. The molecule has 1 aliphatic rings. The molecule has 4 N–H and O–H groups in total. The quantitative estimate of drug-likeness (QED) is 0.376. The zero-order valence-corrected chi connectivity index (χ0v) is 8.60. The number of nitrogens with one attached hydrogen (secondary N) is 2. The number of imide groups is 1. The van der Waals surface area contributed by atoms with Crippen LogP contribution in [-0.2, 0) is 4.79 Å². The molecule has 2 rings (SSSR count). The van der Waals surface area contributed by atoms with Crippen molar-refractivity contribution in [2.24, 2.45) is 0 Å². The molecule has 0 spiro atoms. The van der Waals surface area contributed by atoms with Gasteiger partial charge in [0.2, 0.25) is 5.91 Å². The molecule has 0 aliphatic carbocycles. The molecule has 86 valence electrons. The largest absolute Gasteiger partial charge is 0.504 e. The zero-order chi connectivity index (χ0) is 12.1. The molecule has 1 atom stereocenters. The monoisotopic (exact) mass is 224 g/mol. The van der Waals surface area contributed by atoms with Crippen LogP contribution in [0.5, 0.6) is 11.5 Å². The topological polar surface area (TPSA) is 98.7 Å². The van der Waals surface area contributed by atoms with Gasteiger partial charge in [0.15, 0.2) is 11.5 Å². The molecule has 1 aromatic carbocycles. The lowest BCUT2D eigenvalue weighted by Gasteiger charge is -1.91. The summed E-state index contributed by atoms with van der Waals surface area (Å²) in [7, 11) is 0. The van der Waals surface area contributed by atoms with Gasteiger partial charge in [-0.2, -0.15) is 0 Å². The molecule has 1 unspecified atom stereocenters. The van der Waals surface area contributed by atoms with Crippen molar-refractivity contribution in [2.45, 2.75) is 13.0 Å². The second kappa shape index (κ2) is 5.01. The summed E-state index contributed by atoms with van der Waals surface area (Å²) in [5.74, 6) is -0.407. The molecule has 1 heterocycles. The highest BCUT2D eigenvalue weighted by Gasteiger charge is 2.24. The Morgan fingerprint density at radius 2 is 1.62 bits per heavy atom. The lowest BCUT2D eigenvalue weighted by atomic mass is 10.3. The molecule has 1 saturated heterocycles. The van der Waals surface area contributed by atoms with Crippen LogP contribution in [0.3, 0.4) is 0 Å². The average Bonchev–Trinajstić information content (AvgIpc) is 2.50. The number of carbonyl (C=O) groups is 2. The van der Waals surface area contributed by atoms with E-state index in [0.717, 1.165) is 0 Å². The maximum absolute atomic E-state index is 10.4. The average molecular weight is 224 g/mol. The highest BCUT2D eigenvalue weighted by Crippen LogP contribution is 2.21. The molecular weight excluding hydrogens is 212 g/mol. The van der Waals surface area contributed by atoms with Crippen LogP contribution in [0.4, 0.5) is 4.79 Å². The molecule has 1 aliphatic heterocycles. The van der Waals surface area contributed by atoms with Gasteiger partial charge in [0, 0.05) is 0 Å². The standard InChI is InChI=1S/C6H6O2.C4H6N2O2/c7-5-3-1-2-4-6(5)8;1-2-3(7)6-4(8)5-2/h1-4,7-8H;2H,1H3,(H2,5,6,7,8). The SMILES string of the molecule is CC1NC(=O)NC1=O.Oc1ccccc1O. The van der Waals surface area contributed by atoms with Crippen molar-refractivity contribution in [2.75, 3.05) is 0 Å². The second-order valence-electron chi connectivity index (χ2n) is 3.17. The number of hydrogen-bond donors (Lipinski definition) is 4. The minimum absolute atomic E-state index is 0.0764. The predicted molar refractivity (Wildman–Crippen MR) is 55.9 cm³/mol. The summed E-state index contributed by atoms with van der Waals surface area (Å²) < 4.78 is 0. The number of phenolic OH excluding ortho intramolecular Hbond substituents is 2. The van der Waals surface area contributed by atoms with Crippen molar-refractivity contribution in [1.82, 2.24) is 10.6 Å². The Balaban J connectivity index is 0.000000160. The number of amides is 3. The van der Waals surface area contributed by atoms with Crippen LogP contribution in [0.15, 0.2) is 24.3 Å². The third kappa shape index (κ3) is 3.16. The number of aromatic hydroxyl groups is 2. The van der Waals surface area contributed by atoms with E-state index in [9.17, 15) is 9.59 Å². The number of para-hydroxylation sites is 2. The Bertz CT molecular complexity index is 385. The third-order valence-electron chi connectivity index (χ3n) is 1.86. The fraction of sp³-hybridized carbons (Fsp3) is 0.200. The highest BCUT2D eigenvalue weighted by atomic mass is 16.3. The van der Waals surface area contributed by atoms with Crippen molar-refractivity contribution in [3.8, 4) is 11.5 Å². The summed E-state index contributed by atoms with van der Waals surface area (Å²) in [6.07, 6.45) is 0. The van der Waals surface area contributed by atoms with Gasteiger partial charge in [0.05, 0.1) is 0 Å². The first-order valence-corrected chi connectivity index (χ1v) is 4.59. The van der Waals surface area contributed by atoms with Gasteiger partial charge < -0.3 is 15.5 Å². The Morgan fingerprint density at radius 1 is 1.12 bits per heavy atom. The van der Waals surface area contributed by atoms with E-state index >= 15 is 0 Å². The number of phenols is 2. The van der Waals surface area contributed by atoms with Crippen LogP contribution in [0.1, 0.15) is 6.92 Å². The van der Waals surface area contributed by atoms with Crippen LogP contribution < -0.4 is 10.6 Å². The van der Waals surface area contributed by atoms with Crippen LogP contribution in [0.25, 0.3) is 0 Å². The highest BCUT2D eigenvalue weighted by molar-refractivity contribution is 6.03. The molecule has 0 radical (unpaired) electrons. The molecule has 6 heteroatoms. The predicted octanol–water partition coefficient (Wildman–Crippen LogP) is 0.312. The second-order valence-corrected chi connectivity index (χ2v) is 3.17. The van der Waals surface area contributed by atoms with Gasteiger partial charge in [-0.15, -0.1) is 0 Å². The first-order chi connectivity index (χ1) is 7.50. The van der Waals surface area contributed by atoms with Crippen molar-refractivity contribution >= 4 is 11.9 Å². The molecule has 0 saturated carbocycles. The Hall–Kier alpha value is -2.24. The van der Waals surface area contributed by atoms with Gasteiger partial charge in [-0.05, 0) is 19.1 Å². The van der Waals surface area contributed by atoms with Gasteiger partial charge in [0.1, 0.15) is 6.04 Å². The summed E-state index contributed by atoms with van der Waals surface area (Å²) in [6, 6.07) is 5.39. The van der Waals surface area contributed by atoms with Crippen LogP contribution in [0.2, 0.25) is 0 Å². The number of urea groups is 1. The van der Waals surface area contributed by atoms with E-state index in [0.29, 0.717) is 0 Å². The van der Waals surface area contributed by atoms with Crippen LogP contribution >= 0.6 is 0 Å². The van der Waals surface area contributed by atoms with Gasteiger partial charge in [-0.3, -0.25) is 10.1 Å². The number of carbonyl (C=O) groups excluding carboxylic acids is 2. The van der Waals surface area contributed by atoms with E-state index < -0.39 is 6.03 Å². The number of rotatable bonds is 0. The van der Waals surface area contributed by atoms with Gasteiger partial charge in [-0.1, -0.05) is 12.1 Å². The van der Waals surface area contributed by atoms with E-state index in [1.54, 1.807) is 19.1 Å². The Morgan fingerprint density at radius 3 is 1.81 bits per heavy atom. The van der Waals surface area contributed by atoms with E-state index in [4.69, 9.17) is 10.2 Å². The van der Waals surface area contributed by atoms with E-state index in [-0.39, 0.29) is 23.4 Å². The fourth-order valence-electron chi connectivity index (χ4n) is 0.983. The first kappa shape index (κ1) is 11.8. The summed E-state index contributed by atoms with van der Waals surface area (Å²) in [5.41, 5.74) is 0. The fourth-order valence-corrected chi connectivity index (χ4v) is 0.983. The van der Waals surface area contributed by atoms with Crippen molar-refractivity contribution < 1.29 is 19.8 Å². The molecule has 3 amide bonds. The molecule has 1 aromatic rings. The molecule has 6 nitrogen and oxygen atoms in total. The van der Waals surface area contributed by atoms with E-state index in [1.165, 1.54) is 12.1 Å². The Labute approximate surface area is 91.9 Å². The van der Waals surface area contributed by atoms with Crippen molar-refractivity contribution in [3.63, 3.8) is 0 Å². The molecule has 1 fully saturated rings. The molecule has 16 heavy (non-hydrogen) atoms. The third-order valence-corrected chi connectivity index (χ3v) is 1.86. The van der Waals surface area contributed by atoms with Crippen molar-refractivity contribution in [3.05, 3.63) is 24.3 Å². The maximum atomic E-state index is 10.4. The van der Waals surface area contributed by atoms with Gasteiger partial charge in [0.25, 0.3) is 0 Å². The van der Waals surface area contributed by atoms with E-state index in [1.807, 2.05) is 0 Å². The summed E-state index contributed by atoms with van der Waals surface area (Å²) in [4.78, 5) is 20.6. The number of benzene rings is 1. The first-order valence-electron chi connectivity index (χ1n) is 4.59. The molecule has 0 aromatic heterocycles. The number of hydrogen-bond acceptors (Lipinski definition) is 4. The van der Waals surface area contributed by atoms with Gasteiger partial charge in [-0.25, -0.2) is 4.79 Å². The van der Waals surface area contributed by atoms with Crippen LogP contribution in [-0.4, -0.2) is 28.2 Å². The summed E-state index contributed by atoms with van der Waals surface area (Å²) >= 11 is 0. The lowest BCUT2D eigenvalue weighted by Crippen LogP contribution is -2.24. The summed E-state index contributed by atoms with van der Waals surface area (Å²) in [5, 5.41) is 21.8. The maximum Gasteiger partial charge on any atom is 0.322 e. The lowest BCUT2D eigenvalue weighted by molar-refractivity contribution is -0.119. The summed E-state index contributed by atoms with van der Waals surface area (Å²) in [6.45, 7) is 1.63. The van der Waals surface area contributed by atoms with E-state index in [2.05, 4.69) is 10.6 Å². The molecular formula is C10H12N2O4. The minimum Gasteiger partial charge on any atom is -0.504 e. The Kier molecular flexibility index (Phi) is 3.71. The molecule has 0 bridgehead atoms. The minimum atomic E-state index is -0.400.